The Labute approximate surface area is 162 Å². The first-order valence-electron chi connectivity index (χ1n) is 7.75. The number of amidine groups is 1. The van der Waals surface area contributed by atoms with Gasteiger partial charge >= 0.3 is 6.18 Å². The van der Waals surface area contributed by atoms with E-state index in [1.807, 2.05) is 0 Å². The Balaban J connectivity index is 2.51. The lowest BCUT2D eigenvalue weighted by Gasteiger charge is -2.18. The van der Waals surface area contributed by atoms with Crippen molar-refractivity contribution in [1.29, 1.82) is 0 Å². The maximum Gasteiger partial charge on any atom is 0.433 e. The van der Waals surface area contributed by atoms with Gasteiger partial charge in [0.2, 0.25) is 5.75 Å². The Kier molecular flexibility index (Phi) is 6.77. The predicted octanol–water partition coefficient (Wildman–Crippen LogP) is 5.10. The van der Waals surface area contributed by atoms with Gasteiger partial charge in [-0.3, -0.25) is 0 Å². The van der Waals surface area contributed by atoms with Crippen LogP contribution in [-0.4, -0.2) is 41.3 Å². The fraction of sp³-hybridized carbons (Fsp3) is 0.278. The monoisotopic (exact) mass is 420 g/mol. The molecule has 0 amide bonds. The summed E-state index contributed by atoms with van der Waals surface area (Å²) in [7, 11) is 3.39. The third-order valence-electron chi connectivity index (χ3n) is 3.54. The van der Waals surface area contributed by atoms with Gasteiger partial charge in [-0.2, -0.15) is 13.2 Å². The van der Waals surface area contributed by atoms with Gasteiger partial charge in [-0.1, -0.05) is 11.6 Å². The summed E-state index contributed by atoms with van der Waals surface area (Å²) in [6, 6.07) is 8.81. The number of benzene rings is 2. The standard InChI is InChI=1S/C18H17ClF4N2OS/c1-11-8-14(20)15(9-16(11)27(26)10-18(21,22)23)24-17(25(2)3)12-4-6-13(19)7-5-12/h4-9H,10H2,1-3H3/b24-17-. The summed E-state index contributed by atoms with van der Waals surface area (Å²) in [5.74, 6) is -1.84. The zero-order valence-electron chi connectivity index (χ0n) is 14.8. The molecular weight excluding hydrogens is 404 g/mol. The Morgan fingerprint density at radius 3 is 2.30 bits per heavy atom. The van der Waals surface area contributed by atoms with Crippen molar-refractivity contribution in [1.82, 2.24) is 4.90 Å². The molecule has 0 bridgehead atoms. The van der Waals surface area contributed by atoms with Crippen LogP contribution in [0.3, 0.4) is 0 Å². The molecule has 3 nitrogen and oxygen atoms in total. The lowest BCUT2D eigenvalue weighted by atomic mass is 10.2. The zero-order valence-corrected chi connectivity index (χ0v) is 16.3. The average molecular weight is 421 g/mol. The lowest BCUT2D eigenvalue weighted by Crippen LogP contribution is -2.24. The minimum absolute atomic E-state index is 0.0957. The van der Waals surface area contributed by atoms with Crippen LogP contribution in [0.1, 0.15) is 11.1 Å². The summed E-state index contributed by atoms with van der Waals surface area (Å²) < 4.78 is 64.1. The van der Waals surface area contributed by atoms with Crippen molar-refractivity contribution in [3.05, 3.63) is 58.4 Å². The molecule has 0 fully saturated rings. The van der Waals surface area contributed by atoms with Crippen LogP contribution in [0.4, 0.5) is 23.2 Å². The number of aryl methyl sites for hydroxylation is 1. The van der Waals surface area contributed by atoms with Crippen molar-refractivity contribution in [2.45, 2.75) is 18.0 Å². The summed E-state index contributed by atoms with van der Waals surface area (Å²) in [4.78, 5) is 5.79. The van der Waals surface area contributed by atoms with E-state index in [-0.39, 0.29) is 16.1 Å². The third-order valence-corrected chi connectivity index (χ3v) is 5.31. The van der Waals surface area contributed by atoms with Crippen LogP contribution in [0.15, 0.2) is 46.3 Å². The van der Waals surface area contributed by atoms with Gasteiger partial charge in [-0.25, -0.2) is 9.38 Å². The molecular formula is C18H17ClF4N2OS. The molecule has 0 aliphatic carbocycles. The van der Waals surface area contributed by atoms with Crippen LogP contribution < -0.4 is 0 Å². The van der Waals surface area contributed by atoms with Crippen molar-refractivity contribution >= 4 is 34.3 Å². The molecule has 0 saturated carbocycles. The number of alkyl halides is 3. The van der Waals surface area contributed by atoms with Crippen LogP contribution in [0.5, 0.6) is 0 Å². The summed E-state index contributed by atoms with van der Waals surface area (Å²) >= 11 is 3.52. The minimum atomic E-state index is -4.59. The molecule has 27 heavy (non-hydrogen) atoms. The Morgan fingerprint density at radius 2 is 1.78 bits per heavy atom. The second-order valence-electron chi connectivity index (χ2n) is 6.01. The molecule has 0 spiro atoms. The highest BCUT2D eigenvalue weighted by Crippen LogP contribution is 2.30. The first-order valence-corrected chi connectivity index (χ1v) is 9.45. The van der Waals surface area contributed by atoms with Crippen molar-refractivity contribution < 1.29 is 22.1 Å². The first-order chi connectivity index (χ1) is 12.5. The minimum Gasteiger partial charge on any atom is -0.611 e. The molecule has 146 valence electrons. The molecule has 1 unspecified atom stereocenters. The van der Waals surface area contributed by atoms with Crippen molar-refractivity contribution in [3.63, 3.8) is 0 Å². The number of aliphatic imine (C=N–C) groups is 1. The Hall–Kier alpha value is -1.77. The normalized spacial score (nSPS) is 13.6. The van der Waals surface area contributed by atoms with Crippen LogP contribution in [0.25, 0.3) is 0 Å². The largest absolute Gasteiger partial charge is 0.611 e. The van der Waals surface area contributed by atoms with Crippen molar-refractivity contribution in [2.75, 3.05) is 19.8 Å². The molecule has 2 aromatic carbocycles. The third kappa shape index (κ3) is 5.85. The molecule has 0 aliphatic rings. The van der Waals surface area contributed by atoms with Crippen LogP contribution in [-0.2, 0) is 11.2 Å². The highest BCUT2D eigenvalue weighted by atomic mass is 35.5. The van der Waals surface area contributed by atoms with Gasteiger partial charge in [0.15, 0.2) is 4.90 Å². The molecule has 2 aromatic rings. The highest BCUT2D eigenvalue weighted by molar-refractivity contribution is 7.91. The zero-order chi connectivity index (χ0) is 20.4. The van der Waals surface area contributed by atoms with E-state index < -0.39 is 28.9 Å². The van der Waals surface area contributed by atoms with E-state index in [0.29, 0.717) is 16.4 Å². The number of halogens is 5. The van der Waals surface area contributed by atoms with E-state index in [1.54, 1.807) is 43.3 Å². The summed E-state index contributed by atoms with van der Waals surface area (Å²) in [5.41, 5.74) is 0.624. The van der Waals surface area contributed by atoms with Crippen molar-refractivity contribution in [3.8, 4) is 0 Å². The van der Waals surface area contributed by atoms with E-state index in [0.717, 1.165) is 12.1 Å². The molecule has 0 aliphatic heterocycles. The SMILES string of the molecule is Cc1cc(F)c(/N=C(/c2ccc(Cl)cc2)N(C)C)cc1[S+]([O-])CC(F)(F)F. The van der Waals surface area contributed by atoms with Crippen molar-refractivity contribution in [2.24, 2.45) is 4.99 Å². The van der Waals surface area contributed by atoms with Gasteiger partial charge in [0.05, 0.1) is 0 Å². The molecule has 0 aromatic heterocycles. The predicted molar refractivity (Wildman–Crippen MR) is 99.8 cm³/mol. The Bertz CT molecular complexity index is 838. The smallest absolute Gasteiger partial charge is 0.433 e. The summed E-state index contributed by atoms with van der Waals surface area (Å²) in [6.45, 7) is 1.41. The quantitative estimate of drug-likeness (QED) is 0.299. The second-order valence-corrected chi connectivity index (χ2v) is 7.87. The molecule has 0 radical (unpaired) electrons. The molecule has 9 heteroatoms. The maximum absolute atomic E-state index is 14.4. The molecule has 0 heterocycles. The fourth-order valence-corrected chi connectivity index (χ4v) is 3.58. The van der Waals surface area contributed by atoms with Gasteiger partial charge in [-0.05, 0) is 48.4 Å². The van der Waals surface area contributed by atoms with Gasteiger partial charge in [-0.15, -0.1) is 0 Å². The van der Waals surface area contributed by atoms with Gasteiger partial charge < -0.3 is 9.45 Å². The summed E-state index contributed by atoms with van der Waals surface area (Å²) in [6.07, 6.45) is -4.59. The van der Waals surface area contributed by atoms with E-state index in [1.165, 1.54) is 6.92 Å². The topological polar surface area (TPSA) is 38.7 Å². The highest BCUT2D eigenvalue weighted by Gasteiger charge is 2.36. The van der Waals surface area contributed by atoms with Gasteiger partial charge in [0.1, 0.15) is 17.3 Å². The van der Waals surface area contributed by atoms with Crippen LogP contribution in [0, 0.1) is 12.7 Å². The van der Waals surface area contributed by atoms with E-state index in [4.69, 9.17) is 11.6 Å². The lowest BCUT2D eigenvalue weighted by molar-refractivity contribution is -0.106. The molecule has 0 N–H and O–H groups in total. The van der Waals surface area contributed by atoms with E-state index in [2.05, 4.69) is 4.99 Å². The number of rotatable bonds is 4. The van der Waals surface area contributed by atoms with Crippen LogP contribution >= 0.6 is 11.6 Å². The van der Waals surface area contributed by atoms with Gasteiger partial charge in [0, 0.05) is 36.3 Å². The first kappa shape index (κ1) is 21.5. The molecule has 0 saturated heterocycles. The average Bonchev–Trinajstić information content (AvgIpc) is 2.53. The maximum atomic E-state index is 14.4. The fourth-order valence-electron chi connectivity index (χ4n) is 2.34. The number of hydrogen-bond donors (Lipinski definition) is 0. The number of hydrogen-bond acceptors (Lipinski definition) is 2. The van der Waals surface area contributed by atoms with Crippen LogP contribution in [0.2, 0.25) is 5.02 Å². The Morgan fingerprint density at radius 1 is 1.19 bits per heavy atom. The number of nitrogens with zero attached hydrogens (tertiary/aromatic N) is 2. The van der Waals surface area contributed by atoms with E-state index >= 15 is 0 Å². The van der Waals surface area contributed by atoms with E-state index in [9.17, 15) is 22.1 Å². The second kappa shape index (κ2) is 8.50. The summed E-state index contributed by atoms with van der Waals surface area (Å²) in [5, 5.41) is 0.517. The molecule has 1 atom stereocenters. The van der Waals surface area contributed by atoms with Gasteiger partial charge in [0.25, 0.3) is 0 Å². The molecule has 2 rings (SSSR count).